The number of pyridine rings is 1. The number of rotatable bonds is 3. The molecule has 0 aliphatic rings. The predicted molar refractivity (Wildman–Crippen MR) is 67.5 cm³/mol. The van der Waals surface area contributed by atoms with Crippen LogP contribution in [0.5, 0.6) is 0 Å². The molecule has 5 heteroatoms. The van der Waals surface area contributed by atoms with Gasteiger partial charge in [-0.25, -0.2) is 9.97 Å². The van der Waals surface area contributed by atoms with Gasteiger partial charge in [0.15, 0.2) is 0 Å². The number of aryl methyl sites for hydroxylation is 1. The summed E-state index contributed by atoms with van der Waals surface area (Å²) in [4.78, 5) is 8.62. The molecule has 0 saturated carbocycles. The summed E-state index contributed by atoms with van der Waals surface area (Å²) in [7, 11) is 0. The maximum atomic E-state index is 5.85. The molecule has 0 bridgehead atoms. The first-order valence-electron chi connectivity index (χ1n) is 5.06. The summed E-state index contributed by atoms with van der Waals surface area (Å²) in [6, 6.07) is 3.88. The van der Waals surface area contributed by atoms with Crippen molar-refractivity contribution in [3.05, 3.63) is 34.4 Å². The van der Waals surface area contributed by atoms with Crippen LogP contribution < -0.4 is 11.1 Å². The highest BCUT2D eigenvalue weighted by molar-refractivity contribution is 7.09. The van der Waals surface area contributed by atoms with Gasteiger partial charge in [0, 0.05) is 17.3 Å². The molecule has 2 rings (SSSR count). The van der Waals surface area contributed by atoms with Gasteiger partial charge in [0.25, 0.3) is 0 Å². The van der Waals surface area contributed by atoms with Crippen molar-refractivity contribution in [2.75, 3.05) is 11.1 Å². The number of anilines is 2. The minimum atomic E-state index is 0.122. The fourth-order valence-corrected chi connectivity index (χ4v) is 2.04. The number of nitrogens with one attached hydrogen (secondary N) is 1. The lowest BCUT2D eigenvalue weighted by Gasteiger charge is -2.13. The fraction of sp³-hybridized carbons (Fsp3) is 0.273. The largest absolute Gasteiger partial charge is 0.396 e. The van der Waals surface area contributed by atoms with Crippen LogP contribution in [0.3, 0.4) is 0 Å². The zero-order valence-corrected chi connectivity index (χ0v) is 10.1. The maximum Gasteiger partial charge on any atom is 0.150 e. The van der Waals surface area contributed by atoms with Gasteiger partial charge in [0.1, 0.15) is 10.8 Å². The monoisotopic (exact) mass is 234 g/mol. The van der Waals surface area contributed by atoms with E-state index in [0.29, 0.717) is 5.69 Å². The van der Waals surface area contributed by atoms with Crippen molar-refractivity contribution in [1.29, 1.82) is 0 Å². The van der Waals surface area contributed by atoms with E-state index in [9.17, 15) is 0 Å². The predicted octanol–water partition coefficient (Wildman–Crippen LogP) is 2.60. The first kappa shape index (κ1) is 10.9. The van der Waals surface area contributed by atoms with Crippen LogP contribution in [0.15, 0.2) is 23.7 Å². The van der Waals surface area contributed by atoms with E-state index < -0.39 is 0 Å². The Morgan fingerprint density at radius 3 is 2.94 bits per heavy atom. The quantitative estimate of drug-likeness (QED) is 0.856. The van der Waals surface area contributed by atoms with E-state index >= 15 is 0 Å². The summed E-state index contributed by atoms with van der Waals surface area (Å²) >= 11 is 1.62. The molecule has 0 spiro atoms. The Labute approximate surface area is 98.6 Å². The lowest BCUT2D eigenvalue weighted by molar-refractivity contribution is 0.860. The molecule has 1 unspecified atom stereocenters. The second-order valence-electron chi connectivity index (χ2n) is 3.63. The average molecular weight is 234 g/mol. The van der Waals surface area contributed by atoms with Gasteiger partial charge < -0.3 is 11.1 Å². The number of hydrogen-bond acceptors (Lipinski definition) is 5. The Hall–Kier alpha value is -1.62. The van der Waals surface area contributed by atoms with Gasteiger partial charge in [-0.15, -0.1) is 11.3 Å². The Morgan fingerprint density at radius 1 is 1.44 bits per heavy atom. The summed E-state index contributed by atoms with van der Waals surface area (Å²) in [6.07, 6.45) is 1.80. The average Bonchev–Trinajstić information content (AvgIpc) is 2.76. The van der Waals surface area contributed by atoms with E-state index in [1.54, 1.807) is 17.5 Å². The number of hydrogen-bond donors (Lipinski definition) is 2. The van der Waals surface area contributed by atoms with Gasteiger partial charge in [0.2, 0.25) is 0 Å². The third-order valence-corrected chi connectivity index (χ3v) is 3.20. The highest BCUT2D eigenvalue weighted by atomic mass is 32.1. The lowest BCUT2D eigenvalue weighted by Crippen LogP contribution is -2.10. The smallest absolute Gasteiger partial charge is 0.150 e. The van der Waals surface area contributed by atoms with Crippen LogP contribution in [0.25, 0.3) is 0 Å². The van der Waals surface area contributed by atoms with Gasteiger partial charge in [-0.05, 0) is 26.0 Å². The summed E-state index contributed by atoms with van der Waals surface area (Å²) in [6.45, 7) is 3.99. The molecule has 0 fully saturated rings. The van der Waals surface area contributed by atoms with Crippen LogP contribution in [0.1, 0.15) is 23.7 Å². The summed E-state index contributed by atoms with van der Waals surface area (Å²) < 4.78 is 0. The van der Waals surface area contributed by atoms with Crippen LogP contribution in [0.4, 0.5) is 11.5 Å². The Morgan fingerprint density at radius 2 is 2.25 bits per heavy atom. The molecule has 2 heterocycles. The highest BCUT2D eigenvalue weighted by Gasteiger charge is 2.10. The first-order chi connectivity index (χ1) is 7.66. The second kappa shape index (κ2) is 4.49. The van der Waals surface area contributed by atoms with E-state index in [1.165, 1.54) is 0 Å². The number of nitrogen functional groups attached to an aromatic ring is 1. The highest BCUT2D eigenvalue weighted by Crippen LogP contribution is 2.23. The topological polar surface area (TPSA) is 63.8 Å². The van der Waals surface area contributed by atoms with Gasteiger partial charge >= 0.3 is 0 Å². The van der Waals surface area contributed by atoms with Crippen molar-refractivity contribution >= 4 is 22.8 Å². The van der Waals surface area contributed by atoms with Crippen molar-refractivity contribution < 1.29 is 0 Å². The zero-order chi connectivity index (χ0) is 11.5. The molecular weight excluding hydrogens is 220 g/mol. The van der Waals surface area contributed by atoms with E-state index in [-0.39, 0.29) is 6.04 Å². The molecule has 1 atom stereocenters. The number of thiazole rings is 1. The minimum Gasteiger partial charge on any atom is -0.396 e. The van der Waals surface area contributed by atoms with Crippen molar-refractivity contribution in [2.45, 2.75) is 19.9 Å². The third kappa shape index (κ3) is 2.30. The number of nitrogens with zero attached hydrogens (tertiary/aromatic N) is 2. The summed E-state index contributed by atoms with van der Waals surface area (Å²) in [5.41, 5.74) is 7.46. The van der Waals surface area contributed by atoms with Crippen LogP contribution in [0, 0.1) is 6.92 Å². The van der Waals surface area contributed by atoms with Gasteiger partial charge in [-0.2, -0.15) is 0 Å². The van der Waals surface area contributed by atoms with Crippen LogP contribution in [-0.4, -0.2) is 9.97 Å². The molecule has 2 aromatic heterocycles. The molecular formula is C11H14N4S. The van der Waals surface area contributed by atoms with E-state index in [0.717, 1.165) is 16.5 Å². The van der Waals surface area contributed by atoms with E-state index in [2.05, 4.69) is 15.3 Å². The molecule has 0 radical (unpaired) electrons. The normalized spacial score (nSPS) is 12.4. The molecule has 4 nitrogen and oxygen atoms in total. The molecule has 3 N–H and O–H groups in total. The van der Waals surface area contributed by atoms with Crippen LogP contribution in [-0.2, 0) is 0 Å². The molecule has 84 valence electrons. The van der Waals surface area contributed by atoms with Crippen molar-refractivity contribution in [1.82, 2.24) is 9.97 Å². The first-order valence-corrected chi connectivity index (χ1v) is 5.94. The zero-order valence-electron chi connectivity index (χ0n) is 9.27. The Bertz CT molecular complexity index is 467. The Kier molecular flexibility index (Phi) is 3.05. The van der Waals surface area contributed by atoms with Crippen molar-refractivity contribution in [2.24, 2.45) is 0 Å². The second-order valence-corrected chi connectivity index (χ2v) is 4.55. The fourth-order valence-electron chi connectivity index (χ4n) is 1.40. The SMILES string of the molecule is Cc1ccc(N)c(NC(C)c2nccs2)n1. The van der Waals surface area contributed by atoms with E-state index in [4.69, 9.17) is 5.73 Å². The minimum absolute atomic E-state index is 0.122. The lowest BCUT2D eigenvalue weighted by atomic mass is 10.3. The molecule has 0 amide bonds. The summed E-state index contributed by atoms with van der Waals surface area (Å²) in [5, 5.41) is 6.25. The van der Waals surface area contributed by atoms with Crippen LogP contribution in [0.2, 0.25) is 0 Å². The van der Waals surface area contributed by atoms with Crippen molar-refractivity contribution in [3.63, 3.8) is 0 Å². The van der Waals surface area contributed by atoms with E-state index in [1.807, 2.05) is 31.4 Å². The number of nitrogens with two attached hydrogens (primary N) is 1. The van der Waals surface area contributed by atoms with Crippen LogP contribution >= 0.6 is 11.3 Å². The molecule has 0 aromatic carbocycles. The number of aromatic nitrogens is 2. The molecule has 0 aliphatic heterocycles. The molecule has 2 aromatic rings. The molecule has 0 saturated heterocycles. The van der Waals surface area contributed by atoms with Gasteiger partial charge in [-0.3, -0.25) is 0 Å². The van der Waals surface area contributed by atoms with Gasteiger partial charge in [0.05, 0.1) is 11.7 Å². The maximum absolute atomic E-state index is 5.85. The van der Waals surface area contributed by atoms with Crippen molar-refractivity contribution in [3.8, 4) is 0 Å². The van der Waals surface area contributed by atoms with Gasteiger partial charge in [-0.1, -0.05) is 0 Å². The third-order valence-electron chi connectivity index (χ3n) is 2.24. The molecule has 16 heavy (non-hydrogen) atoms. The summed E-state index contributed by atoms with van der Waals surface area (Å²) in [5.74, 6) is 0.725. The Balaban J connectivity index is 2.17. The standard InChI is InChI=1S/C11H14N4S/c1-7-3-4-9(12)10(14-7)15-8(2)11-13-5-6-16-11/h3-6,8H,12H2,1-2H3,(H,14,15). The molecule has 0 aliphatic carbocycles.